The third-order valence-corrected chi connectivity index (χ3v) is 1.70. The smallest absolute Gasteiger partial charge is 0.168 e. The number of benzene rings is 1. The van der Waals surface area contributed by atoms with Crippen LogP contribution >= 0.6 is 8.20 Å². The molecule has 1 rings (SSSR count). The summed E-state index contributed by atoms with van der Waals surface area (Å²) in [7, 11) is 0.0130. The molecule has 0 saturated carbocycles. The maximum atomic E-state index is 11.6. The molecule has 0 aromatic heterocycles. The Kier molecular flexibility index (Phi) is 2.52. The van der Waals surface area contributed by atoms with Gasteiger partial charge in [0.2, 0.25) is 0 Å². The average molecular weight is 158 g/mol. The Bertz CT molecular complexity index is 227. The molecule has 0 saturated heterocycles. The van der Waals surface area contributed by atoms with Gasteiger partial charge in [-0.15, -0.1) is 0 Å². The Balaban J connectivity index is 2.87. The first-order valence-corrected chi connectivity index (χ1v) is 3.63. The van der Waals surface area contributed by atoms with Gasteiger partial charge in [-0.05, 0) is 0 Å². The molecule has 0 spiro atoms. The van der Waals surface area contributed by atoms with Crippen LogP contribution in [0.15, 0.2) is 30.3 Å². The first-order valence-electron chi connectivity index (χ1n) is 2.74. The standard InChI is InChI=1S/C7H5F2P/c8-7(9)10-6-4-2-1-3-5-6/h1-5H. The Hall–Kier alpha value is -0.750. The summed E-state index contributed by atoms with van der Waals surface area (Å²) in [6.07, 6.45) is 0. The molecule has 0 N–H and O–H groups in total. The molecule has 0 aliphatic heterocycles. The maximum Gasteiger partial charge on any atom is 0.295 e. The number of hydrogen-bond donors (Lipinski definition) is 0. The number of rotatable bonds is 1. The van der Waals surface area contributed by atoms with Crippen LogP contribution in [0.4, 0.5) is 8.78 Å². The Morgan fingerprint density at radius 1 is 1.10 bits per heavy atom. The van der Waals surface area contributed by atoms with Crippen molar-refractivity contribution in [2.24, 2.45) is 0 Å². The predicted octanol–water partition coefficient (Wildman–Crippen LogP) is 2.28. The van der Waals surface area contributed by atoms with Crippen LogP contribution in [0.2, 0.25) is 0 Å². The van der Waals surface area contributed by atoms with Gasteiger partial charge in [-0.1, -0.05) is 30.3 Å². The summed E-state index contributed by atoms with van der Waals surface area (Å²) in [6, 6.07) is 8.62. The molecule has 0 heterocycles. The van der Waals surface area contributed by atoms with E-state index in [1.165, 1.54) is 0 Å². The number of hydrogen-bond acceptors (Lipinski definition) is 0. The van der Waals surface area contributed by atoms with Gasteiger partial charge in [0.05, 0.1) is 0 Å². The van der Waals surface area contributed by atoms with E-state index in [0.29, 0.717) is 5.30 Å². The van der Waals surface area contributed by atoms with Crippen LogP contribution in [0, 0.1) is 0 Å². The zero-order valence-electron chi connectivity index (χ0n) is 5.09. The van der Waals surface area contributed by atoms with Crippen LogP contribution in [0.3, 0.4) is 0 Å². The highest BCUT2D eigenvalue weighted by Crippen LogP contribution is 2.02. The Labute approximate surface area is 59.3 Å². The van der Waals surface area contributed by atoms with Crippen LogP contribution in [0.25, 0.3) is 0 Å². The van der Waals surface area contributed by atoms with Crippen LogP contribution < -0.4 is 5.30 Å². The maximum absolute atomic E-state index is 11.6. The third kappa shape index (κ3) is 2.24. The fourth-order valence-electron chi connectivity index (χ4n) is 0.600. The van der Waals surface area contributed by atoms with E-state index in [0.717, 1.165) is 0 Å². The van der Waals surface area contributed by atoms with Gasteiger partial charge < -0.3 is 0 Å². The Morgan fingerprint density at radius 2 is 1.70 bits per heavy atom. The molecule has 3 heteroatoms. The van der Waals surface area contributed by atoms with Crippen molar-refractivity contribution in [2.45, 2.75) is 0 Å². The zero-order valence-corrected chi connectivity index (χ0v) is 5.98. The molecule has 0 atom stereocenters. The minimum absolute atomic E-state index is 0.0130. The van der Waals surface area contributed by atoms with Gasteiger partial charge in [0.15, 0.2) is 0 Å². The average Bonchev–Trinajstić information content (AvgIpc) is 1.88. The van der Waals surface area contributed by atoms with E-state index in [4.69, 9.17) is 0 Å². The van der Waals surface area contributed by atoms with Gasteiger partial charge in [0, 0.05) is 13.5 Å². The highest BCUT2D eigenvalue weighted by atomic mass is 31.1. The molecule has 0 unspecified atom stereocenters. The topological polar surface area (TPSA) is 0 Å². The van der Waals surface area contributed by atoms with E-state index in [1.807, 2.05) is 0 Å². The molecule has 1 aromatic rings. The highest BCUT2D eigenvalue weighted by Gasteiger charge is 1.89. The van der Waals surface area contributed by atoms with Crippen LogP contribution in [0.5, 0.6) is 0 Å². The van der Waals surface area contributed by atoms with Crippen molar-refractivity contribution < 1.29 is 8.78 Å². The van der Waals surface area contributed by atoms with Crippen molar-refractivity contribution >= 4 is 19.3 Å². The summed E-state index contributed by atoms with van der Waals surface area (Å²) in [5.41, 5.74) is 0. The zero-order chi connectivity index (χ0) is 7.40. The summed E-state index contributed by atoms with van der Waals surface area (Å²) >= 11 is 0. The van der Waals surface area contributed by atoms with E-state index in [2.05, 4.69) is 0 Å². The molecule has 0 aliphatic carbocycles. The van der Waals surface area contributed by atoms with Gasteiger partial charge in [-0.2, -0.15) is 8.78 Å². The predicted molar refractivity (Wildman–Crippen MR) is 40.2 cm³/mol. The normalized spacial score (nSPS) is 9.80. The molecular formula is C7H5F2P. The second-order valence-electron chi connectivity index (χ2n) is 1.69. The molecular weight excluding hydrogens is 153 g/mol. The van der Waals surface area contributed by atoms with Gasteiger partial charge in [-0.25, -0.2) is 0 Å². The minimum atomic E-state index is -1.56. The molecule has 0 nitrogen and oxygen atoms in total. The van der Waals surface area contributed by atoms with E-state index in [9.17, 15) is 8.78 Å². The fraction of sp³-hybridized carbons (Fsp3) is 0. The lowest BCUT2D eigenvalue weighted by atomic mass is 10.4. The molecule has 0 aliphatic rings. The van der Waals surface area contributed by atoms with Gasteiger partial charge in [0.1, 0.15) is 0 Å². The van der Waals surface area contributed by atoms with E-state index < -0.39 is 5.80 Å². The largest absolute Gasteiger partial charge is 0.295 e. The quantitative estimate of drug-likeness (QED) is 0.550. The van der Waals surface area contributed by atoms with E-state index in [-0.39, 0.29) is 8.20 Å². The first kappa shape index (κ1) is 7.36. The Morgan fingerprint density at radius 3 is 2.20 bits per heavy atom. The van der Waals surface area contributed by atoms with Crippen LogP contribution in [-0.4, -0.2) is 5.80 Å². The lowest BCUT2D eigenvalue weighted by molar-refractivity contribution is 0.642. The van der Waals surface area contributed by atoms with Crippen molar-refractivity contribution in [3.05, 3.63) is 30.3 Å². The van der Waals surface area contributed by atoms with E-state index >= 15 is 0 Å². The highest BCUT2D eigenvalue weighted by molar-refractivity contribution is 7.48. The van der Waals surface area contributed by atoms with E-state index in [1.54, 1.807) is 30.3 Å². The molecule has 10 heavy (non-hydrogen) atoms. The minimum Gasteiger partial charge on any atom is -0.168 e. The monoisotopic (exact) mass is 158 g/mol. The number of halogens is 2. The summed E-state index contributed by atoms with van der Waals surface area (Å²) in [5, 5.41) is 0.627. The van der Waals surface area contributed by atoms with Crippen molar-refractivity contribution in [3.63, 3.8) is 0 Å². The van der Waals surface area contributed by atoms with Gasteiger partial charge >= 0.3 is 0 Å². The molecule has 0 bridgehead atoms. The van der Waals surface area contributed by atoms with Gasteiger partial charge in [0.25, 0.3) is 5.80 Å². The van der Waals surface area contributed by atoms with Crippen LogP contribution in [-0.2, 0) is 0 Å². The lowest BCUT2D eigenvalue weighted by Gasteiger charge is -1.86. The lowest BCUT2D eigenvalue weighted by Crippen LogP contribution is -1.88. The van der Waals surface area contributed by atoms with Crippen molar-refractivity contribution in [3.8, 4) is 0 Å². The molecule has 1 aromatic carbocycles. The van der Waals surface area contributed by atoms with Crippen LogP contribution in [0.1, 0.15) is 0 Å². The second-order valence-corrected chi connectivity index (χ2v) is 2.77. The SMILES string of the molecule is FC(F)=Pc1ccccc1. The van der Waals surface area contributed by atoms with Crippen molar-refractivity contribution in [1.82, 2.24) is 0 Å². The van der Waals surface area contributed by atoms with Crippen molar-refractivity contribution in [2.75, 3.05) is 0 Å². The summed E-state index contributed by atoms with van der Waals surface area (Å²) < 4.78 is 23.2. The summed E-state index contributed by atoms with van der Waals surface area (Å²) in [6.45, 7) is 0. The first-order chi connectivity index (χ1) is 4.79. The second kappa shape index (κ2) is 3.43. The third-order valence-electron chi connectivity index (χ3n) is 0.970. The summed E-state index contributed by atoms with van der Waals surface area (Å²) in [4.78, 5) is 0. The molecule has 0 radical (unpaired) electrons. The van der Waals surface area contributed by atoms with Gasteiger partial charge in [-0.3, -0.25) is 0 Å². The molecule has 0 amide bonds. The summed E-state index contributed by atoms with van der Waals surface area (Å²) in [5.74, 6) is -1.56. The fourth-order valence-corrected chi connectivity index (χ4v) is 1.12. The van der Waals surface area contributed by atoms with Crippen molar-refractivity contribution in [1.29, 1.82) is 0 Å². The molecule has 0 fully saturated rings. The molecule has 52 valence electrons.